The third-order valence-corrected chi connectivity index (χ3v) is 11.0. The van der Waals surface area contributed by atoms with Gasteiger partial charge in [-0.2, -0.15) is 0 Å². The number of carbonyl (C=O) groups excluding carboxylic acids is 2. The maximum atomic E-state index is 14.5. The number of fused-ring (bicyclic) bond motifs is 1. The lowest BCUT2D eigenvalue weighted by atomic mass is 9.69. The first-order chi connectivity index (χ1) is 21.9. The number of rotatable bonds is 9. The minimum Gasteiger partial charge on any atom is -0.340 e. The van der Waals surface area contributed by atoms with Crippen LogP contribution in [0.15, 0.2) is 36.8 Å². The van der Waals surface area contributed by atoms with Gasteiger partial charge in [0.2, 0.25) is 5.91 Å². The van der Waals surface area contributed by atoms with E-state index in [-0.39, 0.29) is 17.9 Å². The summed E-state index contributed by atoms with van der Waals surface area (Å²) in [7, 11) is 1.76. The van der Waals surface area contributed by atoms with E-state index >= 15 is 0 Å². The first-order valence-corrected chi connectivity index (χ1v) is 17.2. The van der Waals surface area contributed by atoms with Gasteiger partial charge in [0, 0.05) is 89.1 Å². The zero-order valence-electron chi connectivity index (χ0n) is 28.7. The number of hydrogen-bond acceptors (Lipinski definition) is 5. The number of benzene rings is 1. The maximum Gasteiger partial charge on any atom is 0.256 e. The summed E-state index contributed by atoms with van der Waals surface area (Å²) in [5.74, 6) is 1.47. The predicted molar refractivity (Wildman–Crippen MR) is 181 cm³/mol. The van der Waals surface area contributed by atoms with E-state index in [1.54, 1.807) is 24.9 Å². The number of carbonyl (C=O) groups is 2. The summed E-state index contributed by atoms with van der Waals surface area (Å²) in [6, 6.07) is 5.76. The monoisotopic (exact) mass is 630 g/mol. The zero-order valence-corrected chi connectivity index (χ0v) is 28.7. The van der Waals surface area contributed by atoms with Crippen molar-refractivity contribution in [3.8, 4) is 5.69 Å². The number of aromatic nitrogens is 2. The van der Waals surface area contributed by atoms with Crippen LogP contribution >= 0.6 is 0 Å². The number of halogens is 1. The van der Waals surface area contributed by atoms with E-state index in [2.05, 4.69) is 41.8 Å². The Morgan fingerprint density at radius 2 is 1.74 bits per heavy atom. The smallest absolute Gasteiger partial charge is 0.256 e. The summed E-state index contributed by atoms with van der Waals surface area (Å²) in [5.41, 5.74) is 4.36. The molecule has 3 aliphatic rings. The number of pyridine rings is 1. The Labute approximate surface area is 273 Å². The Bertz CT molecular complexity index is 1580. The molecule has 1 aromatic carbocycles. The fourth-order valence-electron chi connectivity index (χ4n) is 8.28. The van der Waals surface area contributed by atoms with Crippen molar-refractivity contribution in [2.45, 2.75) is 78.9 Å². The average molecular weight is 631 g/mol. The van der Waals surface area contributed by atoms with E-state index in [1.807, 2.05) is 35.7 Å². The van der Waals surface area contributed by atoms with Gasteiger partial charge >= 0.3 is 0 Å². The van der Waals surface area contributed by atoms with Gasteiger partial charge in [0.1, 0.15) is 5.82 Å². The second kappa shape index (κ2) is 13.1. The third-order valence-electron chi connectivity index (χ3n) is 11.0. The van der Waals surface area contributed by atoms with Crippen molar-refractivity contribution >= 4 is 22.7 Å². The molecular formula is C37H51FN6O2. The molecule has 6 rings (SSSR count). The lowest BCUT2D eigenvalue weighted by Gasteiger charge is -2.55. The van der Waals surface area contributed by atoms with Gasteiger partial charge in [-0.15, -0.1) is 0 Å². The van der Waals surface area contributed by atoms with Gasteiger partial charge in [0.25, 0.3) is 5.91 Å². The Kier molecular flexibility index (Phi) is 9.27. The fourth-order valence-corrected chi connectivity index (χ4v) is 8.28. The molecular weight excluding hydrogens is 579 g/mol. The molecule has 2 amide bonds. The van der Waals surface area contributed by atoms with Gasteiger partial charge in [-0.25, -0.2) is 4.39 Å². The van der Waals surface area contributed by atoms with Crippen LogP contribution in [-0.4, -0.2) is 105 Å². The van der Waals surface area contributed by atoms with E-state index in [0.717, 1.165) is 62.7 Å². The quantitative estimate of drug-likeness (QED) is 0.317. The lowest BCUT2D eigenvalue weighted by molar-refractivity contribution is -0.131. The van der Waals surface area contributed by atoms with Crippen molar-refractivity contribution in [1.82, 2.24) is 29.2 Å². The van der Waals surface area contributed by atoms with Crippen molar-refractivity contribution in [3.05, 3.63) is 59.3 Å². The van der Waals surface area contributed by atoms with Crippen LogP contribution in [0.4, 0.5) is 4.39 Å². The molecule has 0 spiro atoms. The Balaban J connectivity index is 1.16. The van der Waals surface area contributed by atoms with Crippen LogP contribution in [0.3, 0.4) is 0 Å². The largest absolute Gasteiger partial charge is 0.340 e. The van der Waals surface area contributed by atoms with Gasteiger partial charge in [0.05, 0.1) is 23.0 Å². The molecule has 46 heavy (non-hydrogen) atoms. The van der Waals surface area contributed by atoms with E-state index < -0.39 is 5.82 Å². The molecule has 0 bridgehead atoms. The highest BCUT2D eigenvalue weighted by Crippen LogP contribution is 2.42. The Morgan fingerprint density at radius 3 is 2.37 bits per heavy atom. The summed E-state index contributed by atoms with van der Waals surface area (Å²) < 4.78 is 16.5. The van der Waals surface area contributed by atoms with Crippen molar-refractivity contribution in [1.29, 1.82) is 0 Å². The SMILES string of the molecule is CC(=O)N1CCN([C@H]2C[C@@H]([C@@H](C(C)C)N3CC(Cc4cn(-c5ccc(F)cc5C(=O)N(C)C(C)C)c5cncc(C)c45)C3)C2)CC1. The van der Waals surface area contributed by atoms with Gasteiger partial charge in [-0.3, -0.25) is 24.4 Å². The van der Waals surface area contributed by atoms with E-state index in [4.69, 9.17) is 0 Å². The molecule has 9 heteroatoms. The van der Waals surface area contributed by atoms with Crippen molar-refractivity contribution in [2.75, 3.05) is 46.3 Å². The van der Waals surface area contributed by atoms with Gasteiger partial charge < -0.3 is 14.4 Å². The Morgan fingerprint density at radius 1 is 1.04 bits per heavy atom. The number of aryl methyl sites for hydroxylation is 1. The number of nitrogens with zero attached hydrogens (tertiary/aromatic N) is 6. The molecule has 4 heterocycles. The standard InChI is InChI=1S/C37H51FN6O2/c1-23(2)36(28-15-31(16-28)42-12-10-41(11-13-42)26(6)45)43-20-27(21-43)14-29-22-44(34-19-39-18-25(5)35(29)34)33-9-8-30(38)17-32(33)37(46)40(7)24(3)4/h8-9,17-19,22-24,27-28,31,36H,10-16,20-21H2,1-7H3/t28-,31+,36-/m1/s1. The topological polar surface area (TPSA) is 64.9 Å². The highest BCUT2D eigenvalue weighted by molar-refractivity contribution is 5.99. The van der Waals surface area contributed by atoms with Gasteiger partial charge in [0.15, 0.2) is 0 Å². The van der Waals surface area contributed by atoms with Crippen molar-refractivity contribution < 1.29 is 14.0 Å². The number of likely N-dealkylation sites (tertiary alicyclic amines) is 1. The van der Waals surface area contributed by atoms with Crippen LogP contribution in [0.2, 0.25) is 0 Å². The predicted octanol–water partition coefficient (Wildman–Crippen LogP) is 5.40. The average Bonchev–Trinajstić information content (AvgIpc) is 3.35. The van der Waals surface area contributed by atoms with E-state index in [0.29, 0.717) is 35.2 Å². The molecule has 2 aliphatic heterocycles. The molecule has 2 aromatic heterocycles. The molecule has 3 fully saturated rings. The molecule has 8 nitrogen and oxygen atoms in total. The van der Waals surface area contributed by atoms with Gasteiger partial charge in [-0.1, -0.05) is 13.8 Å². The van der Waals surface area contributed by atoms with Crippen LogP contribution in [0.5, 0.6) is 0 Å². The van der Waals surface area contributed by atoms with E-state index in [1.165, 1.54) is 35.9 Å². The summed E-state index contributed by atoms with van der Waals surface area (Å²) >= 11 is 0. The van der Waals surface area contributed by atoms with Crippen LogP contribution < -0.4 is 0 Å². The molecule has 248 valence electrons. The second-order valence-electron chi connectivity index (χ2n) is 14.7. The van der Waals surface area contributed by atoms with Gasteiger partial charge in [-0.05, 0) is 87.1 Å². The first kappa shape index (κ1) is 32.6. The summed E-state index contributed by atoms with van der Waals surface area (Å²) in [5, 5.41) is 1.18. The molecule has 2 saturated heterocycles. The summed E-state index contributed by atoms with van der Waals surface area (Å²) in [6.07, 6.45) is 9.41. The molecule has 0 unspecified atom stereocenters. The summed E-state index contributed by atoms with van der Waals surface area (Å²) in [6.45, 7) is 18.3. The normalized spacial score (nSPS) is 21.9. The molecule has 1 atom stereocenters. The summed E-state index contributed by atoms with van der Waals surface area (Å²) in [4.78, 5) is 38.7. The van der Waals surface area contributed by atoms with Crippen LogP contribution in [-0.2, 0) is 11.2 Å². The van der Waals surface area contributed by atoms with E-state index in [9.17, 15) is 14.0 Å². The first-order valence-electron chi connectivity index (χ1n) is 17.2. The third kappa shape index (κ3) is 6.20. The fraction of sp³-hybridized carbons (Fsp3) is 0.595. The van der Waals surface area contributed by atoms with Crippen LogP contribution in [0, 0.1) is 30.5 Å². The van der Waals surface area contributed by atoms with Crippen molar-refractivity contribution in [3.63, 3.8) is 0 Å². The second-order valence-corrected chi connectivity index (χ2v) is 14.7. The minimum absolute atomic E-state index is 0.00462. The van der Waals surface area contributed by atoms with Crippen LogP contribution in [0.1, 0.15) is 68.9 Å². The Hall–Kier alpha value is -3.30. The zero-order chi connectivity index (χ0) is 32.9. The molecule has 0 N–H and O–H groups in total. The maximum absolute atomic E-state index is 14.5. The lowest BCUT2D eigenvalue weighted by Crippen LogP contribution is -2.62. The minimum atomic E-state index is -0.419. The molecule has 3 aromatic rings. The number of amides is 2. The van der Waals surface area contributed by atoms with Crippen molar-refractivity contribution in [2.24, 2.45) is 17.8 Å². The number of hydrogen-bond donors (Lipinski definition) is 0. The highest BCUT2D eigenvalue weighted by Gasteiger charge is 2.45. The van der Waals surface area contributed by atoms with Crippen LogP contribution in [0.25, 0.3) is 16.6 Å². The molecule has 1 aliphatic carbocycles. The molecule has 1 saturated carbocycles. The highest BCUT2D eigenvalue weighted by atomic mass is 19.1. The molecule has 0 radical (unpaired) electrons. The number of piperazine rings is 1.